The van der Waals surface area contributed by atoms with Gasteiger partial charge in [0.2, 0.25) is 10.0 Å². The van der Waals surface area contributed by atoms with Crippen molar-refractivity contribution in [3.05, 3.63) is 53.3 Å². The Labute approximate surface area is 173 Å². The van der Waals surface area contributed by atoms with E-state index in [1.54, 1.807) is 41.4 Å². The summed E-state index contributed by atoms with van der Waals surface area (Å²) < 4.78 is 32.8. The predicted molar refractivity (Wildman–Crippen MR) is 109 cm³/mol. The van der Waals surface area contributed by atoms with Crippen LogP contribution >= 0.6 is 11.6 Å². The lowest BCUT2D eigenvalue weighted by Gasteiger charge is -2.34. The number of aromatic amines is 1. The summed E-state index contributed by atoms with van der Waals surface area (Å²) in [4.78, 5) is 21.7. The number of hydrogen-bond donors (Lipinski definition) is 1. The first-order valence-electron chi connectivity index (χ1n) is 8.97. The molecule has 0 radical (unpaired) electrons. The highest BCUT2D eigenvalue weighted by Gasteiger charge is 2.32. The Morgan fingerprint density at radius 2 is 1.97 bits per heavy atom. The zero-order valence-electron chi connectivity index (χ0n) is 15.6. The van der Waals surface area contributed by atoms with E-state index < -0.39 is 10.0 Å². The number of carbonyl (C=O) groups excluding carboxylic acids is 1. The highest BCUT2D eigenvalue weighted by molar-refractivity contribution is 7.89. The topological polar surface area (TPSA) is 95.6 Å². The maximum atomic E-state index is 13.1. The fraction of sp³-hybridized carbons (Fsp3) is 0.263. The van der Waals surface area contributed by atoms with E-state index in [0.29, 0.717) is 27.4 Å². The van der Waals surface area contributed by atoms with Crippen molar-refractivity contribution in [2.45, 2.75) is 4.90 Å². The molecule has 1 aliphatic rings. The molecule has 10 heteroatoms. The van der Waals surface area contributed by atoms with Crippen molar-refractivity contribution in [1.29, 1.82) is 0 Å². The molecule has 0 aliphatic carbocycles. The molecule has 1 aromatic carbocycles. The number of methoxy groups -OCH3 is 1. The van der Waals surface area contributed by atoms with Gasteiger partial charge in [-0.1, -0.05) is 11.6 Å². The second-order valence-corrected chi connectivity index (χ2v) is 8.94. The van der Waals surface area contributed by atoms with Crippen LogP contribution in [-0.4, -0.2) is 66.8 Å². The number of hydrogen-bond acceptors (Lipinski definition) is 5. The Hall–Kier alpha value is -2.62. The highest BCUT2D eigenvalue weighted by Crippen LogP contribution is 2.27. The molecule has 152 valence electrons. The summed E-state index contributed by atoms with van der Waals surface area (Å²) in [5.74, 6) is 0.177. The third-order valence-electron chi connectivity index (χ3n) is 4.95. The summed E-state index contributed by atoms with van der Waals surface area (Å²) in [6, 6.07) is 8.25. The van der Waals surface area contributed by atoms with Crippen molar-refractivity contribution in [2.75, 3.05) is 33.3 Å². The van der Waals surface area contributed by atoms with Crippen LogP contribution < -0.4 is 4.74 Å². The minimum absolute atomic E-state index is 0.194. The fourth-order valence-electron chi connectivity index (χ4n) is 3.43. The van der Waals surface area contributed by atoms with Gasteiger partial charge in [0.05, 0.1) is 12.7 Å². The van der Waals surface area contributed by atoms with Crippen molar-refractivity contribution in [3.8, 4) is 5.75 Å². The Morgan fingerprint density at radius 3 is 2.69 bits per heavy atom. The number of H-pyrrole nitrogens is 1. The number of nitrogens with zero attached hydrogens (tertiary/aromatic N) is 3. The fourth-order valence-corrected chi connectivity index (χ4v) is 5.16. The number of ether oxygens (including phenoxy) is 1. The van der Waals surface area contributed by atoms with Gasteiger partial charge >= 0.3 is 0 Å². The van der Waals surface area contributed by atoms with Gasteiger partial charge in [-0.2, -0.15) is 4.31 Å². The van der Waals surface area contributed by atoms with Gasteiger partial charge in [0, 0.05) is 49.0 Å². The van der Waals surface area contributed by atoms with Crippen molar-refractivity contribution in [1.82, 2.24) is 19.2 Å². The van der Waals surface area contributed by atoms with E-state index in [4.69, 9.17) is 16.3 Å². The molecule has 0 atom stereocenters. The Kier molecular flexibility index (Phi) is 5.20. The van der Waals surface area contributed by atoms with Gasteiger partial charge in [-0.3, -0.25) is 4.79 Å². The molecule has 1 saturated heterocycles. The van der Waals surface area contributed by atoms with Crippen molar-refractivity contribution < 1.29 is 17.9 Å². The van der Waals surface area contributed by atoms with Gasteiger partial charge in [-0.15, -0.1) is 0 Å². The Balaban J connectivity index is 1.51. The van der Waals surface area contributed by atoms with Crippen LogP contribution in [0.2, 0.25) is 5.02 Å². The van der Waals surface area contributed by atoms with Crippen molar-refractivity contribution >= 4 is 38.6 Å². The van der Waals surface area contributed by atoms with Gasteiger partial charge in [0.15, 0.2) is 0 Å². The number of halogens is 1. The zero-order valence-corrected chi connectivity index (χ0v) is 17.2. The average molecular weight is 435 g/mol. The van der Waals surface area contributed by atoms with E-state index in [0.717, 1.165) is 0 Å². The molecule has 1 aliphatic heterocycles. The maximum absolute atomic E-state index is 13.1. The molecule has 0 saturated carbocycles. The Morgan fingerprint density at radius 1 is 1.21 bits per heavy atom. The van der Waals surface area contributed by atoms with E-state index in [2.05, 4.69) is 9.97 Å². The second-order valence-electron chi connectivity index (χ2n) is 6.59. The molecule has 2 aromatic heterocycles. The van der Waals surface area contributed by atoms with Crippen LogP contribution in [0, 0.1) is 0 Å². The van der Waals surface area contributed by atoms with Crippen molar-refractivity contribution in [2.24, 2.45) is 0 Å². The molecule has 1 fully saturated rings. The van der Waals surface area contributed by atoms with Gasteiger partial charge in [0.25, 0.3) is 5.91 Å². The highest BCUT2D eigenvalue weighted by atomic mass is 35.5. The Bertz CT molecular complexity index is 1170. The van der Waals surface area contributed by atoms with Gasteiger partial charge in [0.1, 0.15) is 16.3 Å². The summed E-state index contributed by atoms with van der Waals surface area (Å²) in [5.41, 5.74) is 0.922. The van der Waals surface area contributed by atoms with Crippen molar-refractivity contribution in [3.63, 3.8) is 0 Å². The molecule has 1 N–H and O–H groups in total. The van der Waals surface area contributed by atoms with Crippen LogP contribution in [0.1, 0.15) is 10.4 Å². The van der Waals surface area contributed by atoms with Crippen LogP contribution in [0.3, 0.4) is 0 Å². The maximum Gasteiger partial charge on any atom is 0.257 e. The third-order valence-corrected chi connectivity index (χ3v) is 7.12. The first kappa shape index (κ1) is 19.7. The first-order chi connectivity index (χ1) is 13.9. The summed E-state index contributed by atoms with van der Waals surface area (Å²) in [7, 11) is -2.22. The molecule has 4 rings (SSSR count). The molecule has 0 spiro atoms. The minimum Gasteiger partial charge on any atom is -0.496 e. The number of nitrogens with one attached hydrogen (secondary N) is 1. The van der Waals surface area contributed by atoms with Crippen LogP contribution in [0.4, 0.5) is 0 Å². The predicted octanol–water partition coefficient (Wildman–Crippen LogP) is 2.37. The second kappa shape index (κ2) is 7.66. The smallest absolute Gasteiger partial charge is 0.257 e. The molecule has 8 nitrogen and oxygen atoms in total. The molecular formula is C19H19ClN4O4S. The molecule has 29 heavy (non-hydrogen) atoms. The number of benzene rings is 1. The van der Waals surface area contributed by atoms with E-state index >= 15 is 0 Å². The summed E-state index contributed by atoms with van der Waals surface area (Å²) in [5, 5.41) is 1.03. The zero-order chi connectivity index (χ0) is 20.6. The lowest BCUT2D eigenvalue weighted by molar-refractivity contribution is 0.0694. The van der Waals surface area contributed by atoms with E-state index in [1.165, 1.54) is 17.6 Å². The van der Waals surface area contributed by atoms with Crippen LogP contribution in [0.25, 0.3) is 11.0 Å². The molecule has 3 aromatic rings. The number of sulfonamides is 1. The van der Waals surface area contributed by atoms with Crippen LogP contribution in [0.5, 0.6) is 5.75 Å². The third kappa shape index (κ3) is 3.57. The van der Waals surface area contributed by atoms with Gasteiger partial charge < -0.3 is 14.6 Å². The van der Waals surface area contributed by atoms with Gasteiger partial charge in [-0.05, 0) is 30.3 Å². The average Bonchev–Trinajstić information content (AvgIpc) is 3.18. The van der Waals surface area contributed by atoms with Gasteiger partial charge in [-0.25, -0.2) is 13.4 Å². The number of piperazine rings is 1. The number of rotatable bonds is 4. The summed E-state index contributed by atoms with van der Waals surface area (Å²) in [6.07, 6.45) is 3.06. The number of pyridine rings is 1. The van der Waals surface area contributed by atoms with Crippen LogP contribution in [0.15, 0.2) is 47.6 Å². The number of aromatic nitrogens is 2. The minimum atomic E-state index is -3.70. The standard InChI is InChI=1S/C19H19ClN4O4S/c1-28-16-11-13(20)4-5-14(16)19(25)23-7-9-24(10-8-23)29(26,27)17-12-22-18-15(17)3-2-6-21-18/h2-6,11-12H,7-10H2,1H3,(H,21,22). The lowest BCUT2D eigenvalue weighted by Crippen LogP contribution is -2.50. The van der Waals surface area contributed by atoms with E-state index in [9.17, 15) is 13.2 Å². The number of fused-ring (bicyclic) bond motifs is 1. The first-order valence-corrected chi connectivity index (χ1v) is 10.8. The summed E-state index contributed by atoms with van der Waals surface area (Å²) >= 11 is 5.96. The monoisotopic (exact) mass is 434 g/mol. The molecule has 1 amide bonds. The number of amides is 1. The quantitative estimate of drug-likeness (QED) is 0.680. The van der Waals surface area contributed by atoms with E-state index in [-0.39, 0.29) is 37.0 Å². The van der Waals surface area contributed by atoms with Crippen LogP contribution in [-0.2, 0) is 10.0 Å². The van der Waals surface area contributed by atoms with E-state index in [1.807, 2.05) is 0 Å². The normalized spacial score (nSPS) is 15.6. The largest absolute Gasteiger partial charge is 0.496 e. The SMILES string of the molecule is COc1cc(Cl)ccc1C(=O)N1CCN(S(=O)(=O)c2c[nH]c3ncccc23)CC1. The lowest BCUT2D eigenvalue weighted by atomic mass is 10.1. The molecule has 0 bridgehead atoms. The molecule has 3 heterocycles. The molecule has 0 unspecified atom stereocenters. The molecular weight excluding hydrogens is 416 g/mol. The number of carbonyl (C=O) groups is 1. The summed E-state index contributed by atoms with van der Waals surface area (Å²) in [6.45, 7) is 0.975.